The Kier molecular flexibility index (Phi) is 5.38. The number of aliphatic hydroxyl groups is 2. The molecule has 3 aliphatic rings. The SMILES string of the molecule is CC[C@@]1(O)C(=O)OCc2c1cc1n(c2=O)Cc2c-1nc1cc(Cl)c(C)c3c1c2[C@@H](NCC(C)(C)O)CC3. The maximum absolute atomic E-state index is 13.7. The Labute approximate surface area is 219 Å². The first-order valence-corrected chi connectivity index (χ1v) is 13.1. The highest BCUT2D eigenvalue weighted by molar-refractivity contribution is 6.32. The minimum Gasteiger partial charge on any atom is -0.458 e. The third-order valence-electron chi connectivity index (χ3n) is 8.16. The largest absolute Gasteiger partial charge is 0.458 e. The second-order valence-electron chi connectivity index (χ2n) is 11.1. The number of carbonyl (C=O) groups is 1. The van der Waals surface area contributed by atoms with Crippen LogP contribution in [0.1, 0.15) is 73.0 Å². The molecule has 194 valence electrons. The smallest absolute Gasteiger partial charge is 0.343 e. The molecule has 3 N–H and O–H groups in total. The van der Waals surface area contributed by atoms with Gasteiger partial charge in [-0.25, -0.2) is 9.78 Å². The number of pyridine rings is 2. The fraction of sp³-hybridized carbons (Fsp3) is 0.464. The first kappa shape index (κ1) is 24.6. The van der Waals surface area contributed by atoms with Gasteiger partial charge in [-0.2, -0.15) is 0 Å². The zero-order chi connectivity index (χ0) is 26.4. The summed E-state index contributed by atoms with van der Waals surface area (Å²) in [6, 6.07) is 3.56. The molecule has 9 heteroatoms. The van der Waals surface area contributed by atoms with Gasteiger partial charge in [0.2, 0.25) is 0 Å². The van der Waals surface area contributed by atoms with Gasteiger partial charge in [0.05, 0.1) is 34.6 Å². The predicted molar refractivity (Wildman–Crippen MR) is 140 cm³/mol. The van der Waals surface area contributed by atoms with Crippen LogP contribution in [-0.4, -0.2) is 37.9 Å². The molecule has 37 heavy (non-hydrogen) atoms. The van der Waals surface area contributed by atoms with Crippen LogP contribution in [0, 0.1) is 6.92 Å². The van der Waals surface area contributed by atoms with Gasteiger partial charge in [0.15, 0.2) is 5.60 Å². The zero-order valence-electron chi connectivity index (χ0n) is 21.4. The van der Waals surface area contributed by atoms with Gasteiger partial charge in [-0.15, -0.1) is 0 Å². The number of benzene rings is 1. The summed E-state index contributed by atoms with van der Waals surface area (Å²) in [5.74, 6) is -0.741. The summed E-state index contributed by atoms with van der Waals surface area (Å²) in [5, 5.41) is 26.8. The monoisotopic (exact) mass is 523 g/mol. The molecule has 2 aliphatic heterocycles. The predicted octanol–water partition coefficient (Wildman–Crippen LogP) is 3.39. The minimum atomic E-state index is -1.87. The molecule has 0 fully saturated rings. The topological polar surface area (TPSA) is 114 Å². The van der Waals surface area contributed by atoms with E-state index >= 15 is 0 Å². The number of hydrogen-bond donors (Lipinski definition) is 3. The lowest BCUT2D eigenvalue weighted by molar-refractivity contribution is -0.172. The van der Waals surface area contributed by atoms with Gasteiger partial charge in [-0.05, 0) is 68.9 Å². The van der Waals surface area contributed by atoms with E-state index in [2.05, 4.69) is 5.32 Å². The highest BCUT2D eigenvalue weighted by Gasteiger charge is 2.46. The summed E-state index contributed by atoms with van der Waals surface area (Å²) in [6.45, 7) is 7.82. The molecule has 0 unspecified atom stereocenters. The van der Waals surface area contributed by atoms with E-state index in [1.807, 2.05) is 13.0 Å². The molecule has 1 aromatic carbocycles. The fourth-order valence-electron chi connectivity index (χ4n) is 6.13. The Hall–Kier alpha value is -2.78. The number of aryl methyl sites for hydroxylation is 1. The van der Waals surface area contributed by atoms with Crippen LogP contribution in [-0.2, 0) is 34.7 Å². The number of nitrogens with one attached hydrogen (secondary N) is 1. The van der Waals surface area contributed by atoms with Crippen molar-refractivity contribution in [3.05, 3.63) is 60.9 Å². The lowest BCUT2D eigenvalue weighted by Gasteiger charge is -2.32. The molecule has 8 nitrogen and oxygen atoms in total. The van der Waals surface area contributed by atoms with Crippen molar-refractivity contribution >= 4 is 28.5 Å². The number of carbonyl (C=O) groups excluding carboxylic acids is 1. The number of hydrogen-bond acceptors (Lipinski definition) is 7. The molecular weight excluding hydrogens is 494 g/mol. The molecule has 0 saturated heterocycles. The average molecular weight is 524 g/mol. The molecule has 2 atom stereocenters. The van der Waals surface area contributed by atoms with Crippen LogP contribution in [0.2, 0.25) is 5.02 Å². The number of halogens is 1. The average Bonchev–Trinajstić information content (AvgIpc) is 3.22. The Morgan fingerprint density at radius 3 is 2.73 bits per heavy atom. The van der Waals surface area contributed by atoms with E-state index in [4.69, 9.17) is 21.3 Å². The molecule has 3 aromatic rings. The van der Waals surface area contributed by atoms with Crippen molar-refractivity contribution in [1.29, 1.82) is 0 Å². The lowest BCUT2D eigenvalue weighted by Crippen LogP contribution is -2.44. The number of aromatic nitrogens is 2. The summed E-state index contributed by atoms with van der Waals surface area (Å²) in [5.41, 5.74) is 3.74. The van der Waals surface area contributed by atoms with E-state index < -0.39 is 17.2 Å². The summed E-state index contributed by atoms with van der Waals surface area (Å²) < 4.78 is 6.87. The maximum atomic E-state index is 13.7. The Morgan fingerprint density at radius 2 is 2.03 bits per heavy atom. The van der Waals surface area contributed by atoms with Crippen LogP contribution in [0.25, 0.3) is 22.3 Å². The fourth-order valence-corrected chi connectivity index (χ4v) is 6.35. The van der Waals surface area contributed by atoms with Crippen LogP contribution in [0.5, 0.6) is 0 Å². The number of esters is 1. The molecule has 0 bridgehead atoms. The Morgan fingerprint density at radius 1 is 1.27 bits per heavy atom. The van der Waals surface area contributed by atoms with Crippen molar-refractivity contribution in [3.63, 3.8) is 0 Å². The molecule has 0 spiro atoms. The van der Waals surface area contributed by atoms with Gasteiger partial charge in [0, 0.05) is 34.1 Å². The van der Waals surface area contributed by atoms with Crippen molar-refractivity contribution in [2.75, 3.05) is 6.54 Å². The molecule has 2 aromatic heterocycles. The van der Waals surface area contributed by atoms with Crippen LogP contribution in [0.3, 0.4) is 0 Å². The van der Waals surface area contributed by atoms with E-state index in [0.29, 0.717) is 40.6 Å². The van der Waals surface area contributed by atoms with Crippen LogP contribution in [0.15, 0.2) is 16.9 Å². The van der Waals surface area contributed by atoms with Gasteiger partial charge < -0.3 is 24.8 Å². The van der Waals surface area contributed by atoms with E-state index in [1.54, 1.807) is 31.4 Å². The highest BCUT2D eigenvalue weighted by atomic mass is 35.5. The molecule has 1 aliphatic carbocycles. The Bertz CT molecular complexity index is 1570. The summed E-state index contributed by atoms with van der Waals surface area (Å²) >= 11 is 6.62. The van der Waals surface area contributed by atoms with Crippen LogP contribution in [0.4, 0.5) is 0 Å². The van der Waals surface area contributed by atoms with Crippen molar-refractivity contribution in [2.24, 2.45) is 0 Å². The first-order valence-electron chi connectivity index (χ1n) is 12.7. The van der Waals surface area contributed by atoms with E-state index in [1.165, 1.54) is 0 Å². The number of nitrogens with zero attached hydrogens (tertiary/aromatic N) is 2. The Balaban J connectivity index is 1.63. The van der Waals surface area contributed by atoms with E-state index in [-0.39, 0.29) is 24.6 Å². The van der Waals surface area contributed by atoms with Crippen LogP contribution >= 0.6 is 11.6 Å². The number of rotatable bonds is 4. The third kappa shape index (κ3) is 3.50. The second-order valence-corrected chi connectivity index (χ2v) is 11.5. The lowest BCUT2D eigenvalue weighted by atomic mass is 9.81. The van der Waals surface area contributed by atoms with Crippen molar-refractivity contribution < 1.29 is 19.7 Å². The number of fused-ring (bicyclic) bond motifs is 5. The highest BCUT2D eigenvalue weighted by Crippen LogP contribution is 2.46. The van der Waals surface area contributed by atoms with Gasteiger partial charge >= 0.3 is 5.97 Å². The van der Waals surface area contributed by atoms with Crippen molar-refractivity contribution in [1.82, 2.24) is 14.9 Å². The number of cyclic esters (lactones) is 1. The minimum absolute atomic E-state index is 0.0455. The van der Waals surface area contributed by atoms with E-state index in [0.717, 1.165) is 46.0 Å². The third-order valence-corrected chi connectivity index (χ3v) is 8.55. The first-order chi connectivity index (χ1) is 17.4. The van der Waals surface area contributed by atoms with E-state index in [9.17, 15) is 19.8 Å². The molecule has 0 amide bonds. The van der Waals surface area contributed by atoms with Crippen LogP contribution < -0.4 is 10.9 Å². The zero-order valence-corrected chi connectivity index (χ0v) is 22.1. The summed E-state index contributed by atoms with van der Waals surface area (Å²) in [7, 11) is 0. The second kappa shape index (κ2) is 8.11. The summed E-state index contributed by atoms with van der Waals surface area (Å²) in [4.78, 5) is 31.2. The quantitative estimate of drug-likeness (QED) is 0.351. The normalized spacial score (nSPS) is 22.0. The van der Waals surface area contributed by atoms with Gasteiger partial charge in [-0.1, -0.05) is 18.5 Å². The number of ether oxygens (including phenoxy) is 1. The molecule has 6 rings (SSSR count). The molecular formula is C28H30ClN3O5. The summed E-state index contributed by atoms with van der Waals surface area (Å²) in [6.07, 6.45) is 1.73. The van der Waals surface area contributed by atoms with Crippen molar-refractivity contribution in [3.8, 4) is 11.4 Å². The molecule has 0 radical (unpaired) electrons. The maximum Gasteiger partial charge on any atom is 0.343 e. The molecule has 4 heterocycles. The van der Waals surface area contributed by atoms with Gasteiger partial charge in [0.25, 0.3) is 5.56 Å². The standard InChI is InChI=1S/C28H30ClN3O5/c1-5-28(36)17-8-21-24-15(10-32(21)25(33)16(17)11-37-26(28)34)23-19(30-12-27(3,4)35)7-6-14-13(2)18(29)9-20(31-24)22(14)23/h8-9,19,30,35-36H,5-7,10-12H2,1-4H3/t19-,28-/m0/s1. The van der Waals surface area contributed by atoms with Gasteiger partial charge in [0.1, 0.15) is 6.61 Å². The van der Waals surface area contributed by atoms with Crippen molar-refractivity contribution in [2.45, 2.75) is 77.4 Å². The molecule has 0 saturated carbocycles. The van der Waals surface area contributed by atoms with Gasteiger partial charge in [-0.3, -0.25) is 4.79 Å².